The van der Waals surface area contributed by atoms with Gasteiger partial charge in [0.2, 0.25) is 11.9 Å². The van der Waals surface area contributed by atoms with Gasteiger partial charge in [-0.15, -0.1) is 0 Å². The SMILES string of the molecule is CNC(=O)CCO[C@@H]1[C@H](O)[C@@H](CO)O[C@H]1n1cnc2c(=O)[nH]c(N)nc21. The molecule has 4 atom stereocenters. The first kappa shape index (κ1) is 18.3. The number of aromatic nitrogens is 4. The van der Waals surface area contributed by atoms with Crippen LogP contribution in [0.1, 0.15) is 12.6 Å². The molecule has 3 rings (SSSR count). The third-order valence-corrected chi connectivity index (χ3v) is 4.14. The molecule has 0 unspecified atom stereocenters. The number of rotatable bonds is 6. The largest absolute Gasteiger partial charge is 0.394 e. The Balaban J connectivity index is 1.90. The normalized spacial score (nSPS) is 25.7. The van der Waals surface area contributed by atoms with Crippen LogP contribution in [0.2, 0.25) is 0 Å². The first-order chi connectivity index (χ1) is 12.5. The quantitative estimate of drug-likeness (QED) is 0.368. The van der Waals surface area contributed by atoms with Crippen LogP contribution >= 0.6 is 0 Å². The highest BCUT2D eigenvalue weighted by molar-refractivity contribution is 5.75. The van der Waals surface area contributed by atoms with Crippen molar-refractivity contribution in [2.24, 2.45) is 0 Å². The van der Waals surface area contributed by atoms with Crippen molar-refractivity contribution >= 4 is 23.0 Å². The number of nitrogens with one attached hydrogen (secondary N) is 2. The second-order valence-corrected chi connectivity index (χ2v) is 5.77. The third-order valence-electron chi connectivity index (χ3n) is 4.14. The number of nitrogens with two attached hydrogens (primary N) is 1. The second-order valence-electron chi connectivity index (χ2n) is 5.77. The number of amides is 1. The van der Waals surface area contributed by atoms with E-state index < -0.39 is 36.7 Å². The molecule has 12 nitrogen and oxygen atoms in total. The fraction of sp³-hybridized carbons (Fsp3) is 0.571. The molecule has 2 aromatic rings. The Morgan fingerprint density at radius 3 is 3.04 bits per heavy atom. The van der Waals surface area contributed by atoms with E-state index >= 15 is 0 Å². The van der Waals surface area contributed by atoms with Gasteiger partial charge < -0.3 is 30.7 Å². The van der Waals surface area contributed by atoms with Gasteiger partial charge in [-0.1, -0.05) is 0 Å². The topological polar surface area (TPSA) is 178 Å². The number of carbonyl (C=O) groups excluding carboxylic acids is 1. The van der Waals surface area contributed by atoms with E-state index in [4.69, 9.17) is 15.2 Å². The maximum atomic E-state index is 11.9. The summed E-state index contributed by atoms with van der Waals surface area (Å²) < 4.78 is 12.7. The van der Waals surface area contributed by atoms with Crippen LogP contribution in [-0.2, 0) is 14.3 Å². The van der Waals surface area contributed by atoms with Gasteiger partial charge in [0.1, 0.15) is 18.3 Å². The number of hydrogen-bond acceptors (Lipinski definition) is 9. The number of nitrogens with zero attached hydrogens (tertiary/aromatic N) is 3. The molecular formula is C14H20N6O6. The van der Waals surface area contributed by atoms with E-state index in [2.05, 4.69) is 20.3 Å². The van der Waals surface area contributed by atoms with E-state index in [-0.39, 0.29) is 36.0 Å². The summed E-state index contributed by atoms with van der Waals surface area (Å²) in [5.74, 6) is -0.318. The van der Waals surface area contributed by atoms with E-state index in [1.165, 1.54) is 17.9 Å². The van der Waals surface area contributed by atoms with Crippen molar-refractivity contribution in [1.82, 2.24) is 24.8 Å². The summed E-state index contributed by atoms with van der Waals surface area (Å²) >= 11 is 0. The minimum atomic E-state index is -1.15. The smallest absolute Gasteiger partial charge is 0.280 e. The van der Waals surface area contributed by atoms with Crippen LogP contribution in [0.5, 0.6) is 0 Å². The molecule has 2 aromatic heterocycles. The predicted octanol–water partition coefficient (Wildman–Crippen LogP) is -2.53. The fourth-order valence-corrected chi connectivity index (χ4v) is 2.82. The molecule has 0 aliphatic carbocycles. The summed E-state index contributed by atoms with van der Waals surface area (Å²) in [6, 6.07) is 0. The van der Waals surface area contributed by atoms with Crippen LogP contribution < -0.4 is 16.6 Å². The Kier molecular flexibility index (Phi) is 5.18. The van der Waals surface area contributed by atoms with Gasteiger partial charge in [0, 0.05) is 13.5 Å². The van der Waals surface area contributed by atoms with Gasteiger partial charge in [-0.25, -0.2) is 4.98 Å². The van der Waals surface area contributed by atoms with Crippen LogP contribution in [-0.4, -0.2) is 74.2 Å². The second kappa shape index (κ2) is 7.37. The highest BCUT2D eigenvalue weighted by atomic mass is 16.6. The first-order valence-electron chi connectivity index (χ1n) is 7.95. The number of anilines is 1. The maximum Gasteiger partial charge on any atom is 0.280 e. The van der Waals surface area contributed by atoms with Crippen molar-refractivity contribution < 1.29 is 24.5 Å². The monoisotopic (exact) mass is 368 g/mol. The predicted molar refractivity (Wildman–Crippen MR) is 88.0 cm³/mol. The lowest BCUT2D eigenvalue weighted by atomic mass is 10.1. The number of aliphatic hydroxyl groups is 2. The number of ether oxygens (including phenoxy) is 2. The number of carbonyl (C=O) groups is 1. The maximum absolute atomic E-state index is 11.9. The van der Waals surface area contributed by atoms with Gasteiger partial charge in [-0.3, -0.25) is 19.1 Å². The van der Waals surface area contributed by atoms with Gasteiger partial charge in [-0.2, -0.15) is 4.98 Å². The molecule has 1 aliphatic rings. The zero-order valence-electron chi connectivity index (χ0n) is 14.0. The van der Waals surface area contributed by atoms with E-state index in [0.717, 1.165) is 0 Å². The number of nitrogen functional groups attached to an aromatic ring is 1. The van der Waals surface area contributed by atoms with Crippen LogP contribution in [0.25, 0.3) is 11.2 Å². The molecule has 1 fully saturated rings. The minimum absolute atomic E-state index is 0.0299. The number of imidazole rings is 1. The Morgan fingerprint density at radius 1 is 1.58 bits per heavy atom. The fourth-order valence-electron chi connectivity index (χ4n) is 2.82. The summed E-state index contributed by atoms with van der Waals surface area (Å²) in [6.07, 6.45) is -2.46. The summed E-state index contributed by atoms with van der Waals surface area (Å²) in [6.45, 7) is -0.405. The molecule has 0 radical (unpaired) electrons. The minimum Gasteiger partial charge on any atom is -0.394 e. The molecule has 0 saturated carbocycles. The standard InChI is InChI=1S/C14H20N6O6/c1-16-7(22)2-3-25-10-9(23)6(4-21)26-13(10)20-5-17-8-11(20)18-14(15)19-12(8)24/h5-6,9-10,13,21,23H,2-4H2,1H3,(H,16,22)(H3,15,18,19,24)/t6-,9-,10-,13-/m1/s1. The lowest BCUT2D eigenvalue weighted by molar-refractivity contribution is -0.123. The Hall–Kier alpha value is -2.54. The summed E-state index contributed by atoms with van der Waals surface area (Å²) in [4.78, 5) is 33.6. The van der Waals surface area contributed by atoms with Crippen molar-refractivity contribution in [2.75, 3.05) is 26.0 Å². The van der Waals surface area contributed by atoms with Gasteiger partial charge in [0.25, 0.3) is 5.56 Å². The molecule has 1 aliphatic heterocycles. The molecule has 1 amide bonds. The Morgan fingerprint density at radius 2 is 2.35 bits per heavy atom. The lowest BCUT2D eigenvalue weighted by Crippen LogP contribution is -2.36. The average Bonchev–Trinajstić information content (AvgIpc) is 3.16. The molecule has 6 N–H and O–H groups in total. The molecule has 0 spiro atoms. The number of aliphatic hydroxyl groups excluding tert-OH is 2. The molecule has 3 heterocycles. The summed E-state index contributed by atoms with van der Waals surface area (Å²) in [7, 11) is 1.51. The Labute approximate surface area is 146 Å². The molecule has 26 heavy (non-hydrogen) atoms. The number of fused-ring (bicyclic) bond motifs is 1. The number of aromatic amines is 1. The zero-order valence-corrected chi connectivity index (χ0v) is 14.0. The van der Waals surface area contributed by atoms with Crippen molar-refractivity contribution in [2.45, 2.75) is 31.0 Å². The van der Waals surface area contributed by atoms with Crippen molar-refractivity contribution in [3.63, 3.8) is 0 Å². The number of H-pyrrole nitrogens is 1. The highest BCUT2D eigenvalue weighted by Crippen LogP contribution is 2.33. The zero-order chi connectivity index (χ0) is 18.8. The van der Waals surface area contributed by atoms with Gasteiger partial charge >= 0.3 is 0 Å². The van der Waals surface area contributed by atoms with Gasteiger partial charge in [-0.05, 0) is 0 Å². The molecule has 1 saturated heterocycles. The molecular weight excluding hydrogens is 348 g/mol. The van der Waals surface area contributed by atoms with Crippen LogP contribution in [0.4, 0.5) is 5.95 Å². The molecule has 12 heteroatoms. The molecule has 0 bridgehead atoms. The lowest BCUT2D eigenvalue weighted by Gasteiger charge is -2.22. The van der Waals surface area contributed by atoms with E-state index in [0.29, 0.717) is 0 Å². The van der Waals surface area contributed by atoms with Crippen molar-refractivity contribution in [3.05, 3.63) is 16.7 Å². The van der Waals surface area contributed by atoms with Gasteiger partial charge in [0.05, 0.1) is 19.5 Å². The summed E-state index contributed by atoms with van der Waals surface area (Å²) in [5, 5.41) is 22.2. The highest BCUT2D eigenvalue weighted by Gasteiger charge is 2.46. The van der Waals surface area contributed by atoms with E-state index in [1.807, 2.05) is 0 Å². The van der Waals surface area contributed by atoms with Gasteiger partial charge in [0.15, 0.2) is 17.4 Å². The van der Waals surface area contributed by atoms with Crippen molar-refractivity contribution in [3.8, 4) is 0 Å². The molecule has 142 valence electrons. The van der Waals surface area contributed by atoms with Crippen LogP contribution in [0, 0.1) is 0 Å². The van der Waals surface area contributed by atoms with Crippen LogP contribution in [0.15, 0.2) is 11.1 Å². The molecule has 0 aromatic carbocycles. The van der Waals surface area contributed by atoms with Crippen LogP contribution in [0.3, 0.4) is 0 Å². The Bertz CT molecular complexity index is 850. The average molecular weight is 368 g/mol. The number of hydrogen-bond donors (Lipinski definition) is 5. The summed E-state index contributed by atoms with van der Waals surface area (Å²) in [5.41, 5.74) is 5.27. The van der Waals surface area contributed by atoms with E-state index in [1.54, 1.807) is 0 Å². The third kappa shape index (κ3) is 3.26. The van der Waals surface area contributed by atoms with E-state index in [9.17, 15) is 19.8 Å². The van der Waals surface area contributed by atoms with Crippen molar-refractivity contribution in [1.29, 1.82) is 0 Å². The first-order valence-corrected chi connectivity index (χ1v) is 7.95.